The fourth-order valence-electron chi connectivity index (χ4n) is 3.18. The van der Waals surface area contributed by atoms with Gasteiger partial charge in [0.25, 0.3) is 5.91 Å². The Bertz CT molecular complexity index is 1050. The number of alkyl halides is 3. The van der Waals surface area contributed by atoms with Gasteiger partial charge in [-0.05, 0) is 59.0 Å². The van der Waals surface area contributed by atoms with Crippen LogP contribution in [-0.4, -0.2) is 22.7 Å². The third kappa shape index (κ3) is 8.85. The standard InChI is InChI=1S/C23H20F3NO3.C3H8.C2H6/c24-23(25,26)18-8-5-15(6-9-18)20-3-1-2-4-21(20)22(30)27-19-10-7-17(14-29)16(13-19)11-12-28;1-3-2;1-2/h1-10,13,28-29H,11-12,14H2,(H,27,30);3H2,1-2H3;1-2H3. The number of nitrogens with one attached hydrogen (secondary N) is 1. The van der Waals surface area contributed by atoms with Gasteiger partial charge in [-0.3, -0.25) is 4.79 Å². The molecule has 190 valence electrons. The van der Waals surface area contributed by atoms with Crippen molar-refractivity contribution in [1.82, 2.24) is 0 Å². The summed E-state index contributed by atoms with van der Waals surface area (Å²) in [4.78, 5) is 12.9. The maximum Gasteiger partial charge on any atom is 0.416 e. The Kier molecular flexibility index (Phi) is 12.8. The second-order valence-electron chi connectivity index (χ2n) is 7.40. The van der Waals surface area contributed by atoms with Gasteiger partial charge in [-0.1, -0.05) is 70.5 Å². The van der Waals surface area contributed by atoms with Gasteiger partial charge in [0.1, 0.15) is 0 Å². The van der Waals surface area contributed by atoms with Crippen LogP contribution in [0.2, 0.25) is 0 Å². The van der Waals surface area contributed by atoms with Gasteiger partial charge in [-0.15, -0.1) is 0 Å². The maximum atomic E-state index is 12.9. The molecule has 0 atom stereocenters. The summed E-state index contributed by atoms with van der Waals surface area (Å²) in [6.45, 7) is 7.97. The highest BCUT2D eigenvalue weighted by molar-refractivity contribution is 6.08. The third-order valence-corrected chi connectivity index (χ3v) is 4.71. The minimum Gasteiger partial charge on any atom is -0.396 e. The number of hydrogen-bond donors (Lipinski definition) is 3. The zero-order chi connectivity index (χ0) is 26.4. The number of halogens is 3. The number of rotatable bonds is 6. The number of amides is 1. The molecule has 0 heterocycles. The maximum absolute atomic E-state index is 12.9. The molecule has 0 fully saturated rings. The molecule has 0 unspecified atom stereocenters. The molecule has 4 nitrogen and oxygen atoms in total. The SMILES string of the molecule is CC.CCC.O=C(Nc1ccc(CO)c(CCO)c1)c1ccccc1-c1ccc(C(F)(F)F)cc1. The van der Waals surface area contributed by atoms with Crippen molar-refractivity contribution < 1.29 is 28.2 Å². The van der Waals surface area contributed by atoms with E-state index in [1.54, 1.807) is 42.5 Å². The topological polar surface area (TPSA) is 69.6 Å². The van der Waals surface area contributed by atoms with Crippen LogP contribution in [0.4, 0.5) is 18.9 Å². The highest BCUT2D eigenvalue weighted by Crippen LogP contribution is 2.32. The van der Waals surface area contributed by atoms with E-state index in [1.807, 2.05) is 13.8 Å². The highest BCUT2D eigenvalue weighted by atomic mass is 19.4. The summed E-state index contributed by atoms with van der Waals surface area (Å²) in [5.41, 5.74) is 2.42. The van der Waals surface area contributed by atoms with Gasteiger partial charge in [0.05, 0.1) is 12.2 Å². The molecule has 7 heteroatoms. The first-order valence-corrected chi connectivity index (χ1v) is 11.7. The molecule has 0 aliphatic carbocycles. The van der Waals surface area contributed by atoms with Gasteiger partial charge in [-0.25, -0.2) is 0 Å². The molecular formula is C28H34F3NO3. The summed E-state index contributed by atoms with van der Waals surface area (Å²) in [7, 11) is 0. The largest absolute Gasteiger partial charge is 0.416 e. The van der Waals surface area contributed by atoms with Gasteiger partial charge in [0.15, 0.2) is 0 Å². The number of benzene rings is 3. The molecule has 0 spiro atoms. The monoisotopic (exact) mass is 489 g/mol. The molecule has 0 aliphatic heterocycles. The highest BCUT2D eigenvalue weighted by Gasteiger charge is 2.30. The number of carbonyl (C=O) groups is 1. The van der Waals surface area contributed by atoms with Crippen LogP contribution in [0.3, 0.4) is 0 Å². The second-order valence-corrected chi connectivity index (χ2v) is 7.40. The summed E-state index contributed by atoms with van der Waals surface area (Å²) in [5.74, 6) is -0.419. The van der Waals surface area contributed by atoms with E-state index < -0.39 is 17.6 Å². The van der Waals surface area contributed by atoms with Crippen molar-refractivity contribution in [2.24, 2.45) is 0 Å². The van der Waals surface area contributed by atoms with Crippen LogP contribution in [0.5, 0.6) is 0 Å². The summed E-state index contributed by atoms with van der Waals surface area (Å²) in [6, 6.07) is 16.3. The first-order valence-electron chi connectivity index (χ1n) is 11.7. The first kappa shape index (κ1) is 29.9. The van der Waals surface area contributed by atoms with Crippen molar-refractivity contribution in [3.8, 4) is 11.1 Å². The molecule has 0 aliphatic rings. The Labute approximate surface area is 205 Å². The lowest BCUT2D eigenvalue weighted by Gasteiger charge is -2.13. The predicted molar refractivity (Wildman–Crippen MR) is 135 cm³/mol. The minimum absolute atomic E-state index is 0.0961. The molecule has 0 bridgehead atoms. The number of aliphatic hydroxyl groups excluding tert-OH is 2. The fourth-order valence-corrected chi connectivity index (χ4v) is 3.18. The number of anilines is 1. The van der Waals surface area contributed by atoms with Gasteiger partial charge in [0, 0.05) is 17.9 Å². The van der Waals surface area contributed by atoms with Crippen LogP contribution in [-0.2, 0) is 19.2 Å². The van der Waals surface area contributed by atoms with Crippen molar-refractivity contribution in [2.45, 2.75) is 53.3 Å². The molecule has 0 saturated heterocycles. The van der Waals surface area contributed by atoms with E-state index in [4.69, 9.17) is 0 Å². The van der Waals surface area contributed by atoms with Gasteiger partial charge < -0.3 is 15.5 Å². The lowest BCUT2D eigenvalue weighted by molar-refractivity contribution is -0.137. The molecule has 3 rings (SSSR count). The number of carbonyl (C=O) groups excluding carboxylic acids is 1. The van der Waals surface area contributed by atoms with Crippen molar-refractivity contribution >= 4 is 11.6 Å². The molecule has 1 amide bonds. The Balaban J connectivity index is 0.00000114. The summed E-state index contributed by atoms with van der Waals surface area (Å²) in [5, 5.41) is 21.3. The van der Waals surface area contributed by atoms with Crippen LogP contribution in [0.15, 0.2) is 66.7 Å². The molecule has 35 heavy (non-hydrogen) atoms. The van der Waals surface area contributed by atoms with Gasteiger partial charge in [-0.2, -0.15) is 13.2 Å². The van der Waals surface area contributed by atoms with Crippen LogP contribution in [0, 0.1) is 0 Å². The molecule has 0 aromatic heterocycles. The van der Waals surface area contributed by atoms with E-state index >= 15 is 0 Å². The van der Waals surface area contributed by atoms with Crippen LogP contribution < -0.4 is 5.32 Å². The Morgan fingerprint density at radius 2 is 1.49 bits per heavy atom. The summed E-state index contributed by atoms with van der Waals surface area (Å²) in [6.07, 6.45) is -2.84. The molecule has 3 aromatic carbocycles. The first-order chi connectivity index (χ1) is 16.7. The summed E-state index contributed by atoms with van der Waals surface area (Å²) < 4.78 is 38.5. The fraction of sp³-hybridized carbons (Fsp3) is 0.321. The van der Waals surface area contributed by atoms with E-state index in [0.717, 1.165) is 12.1 Å². The quantitative estimate of drug-likeness (QED) is 0.346. The third-order valence-electron chi connectivity index (χ3n) is 4.71. The zero-order valence-electron chi connectivity index (χ0n) is 20.6. The lowest BCUT2D eigenvalue weighted by atomic mass is 9.98. The average molecular weight is 490 g/mol. The molecule has 0 radical (unpaired) electrons. The molecular weight excluding hydrogens is 455 g/mol. The van der Waals surface area contributed by atoms with E-state index in [0.29, 0.717) is 39.9 Å². The van der Waals surface area contributed by atoms with Crippen LogP contribution in [0.1, 0.15) is 61.2 Å². The normalized spacial score (nSPS) is 10.4. The van der Waals surface area contributed by atoms with E-state index in [1.165, 1.54) is 18.6 Å². The second kappa shape index (κ2) is 15.0. The van der Waals surface area contributed by atoms with Crippen molar-refractivity contribution in [2.75, 3.05) is 11.9 Å². The number of hydrogen-bond acceptors (Lipinski definition) is 3. The molecule has 3 aromatic rings. The zero-order valence-corrected chi connectivity index (χ0v) is 20.6. The van der Waals surface area contributed by atoms with Crippen molar-refractivity contribution in [1.29, 1.82) is 0 Å². The van der Waals surface area contributed by atoms with E-state index in [2.05, 4.69) is 19.2 Å². The number of aliphatic hydroxyl groups is 2. The Morgan fingerprint density at radius 1 is 0.886 bits per heavy atom. The van der Waals surface area contributed by atoms with Crippen LogP contribution in [0.25, 0.3) is 11.1 Å². The Morgan fingerprint density at radius 3 is 2.03 bits per heavy atom. The Hall–Kier alpha value is -3.16. The van der Waals surface area contributed by atoms with Gasteiger partial charge >= 0.3 is 6.18 Å². The summed E-state index contributed by atoms with van der Waals surface area (Å²) >= 11 is 0. The van der Waals surface area contributed by atoms with Crippen molar-refractivity contribution in [3.05, 3.63) is 89.0 Å². The minimum atomic E-state index is -4.43. The predicted octanol–water partition coefficient (Wildman–Crippen LogP) is 7.09. The van der Waals surface area contributed by atoms with E-state index in [-0.39, 0.29) is 13.2 Å². The smallest absolute Gasteiger partial charge is 0.396 e. The van der Waals surface area contributed by atoms with Crippen molar-refractivity contribution in [3.63, 3.8) is 0 Å². The molecule has 3 N–H and O–H groups in total. The van der Waals surface area contributed by atoms with E-state index in [9.17, 15) is 28.2 Å². The van der Waals surface area contributed by atoms with Gasteiger partial charge in [0.2, 0.25) is 0 Å². The average Bonchev–Trinajstić information content (AvgIpc) is 2.86. The lowest BCUT2D eigenvalue weighted by Crippen LogP contribution is -2.14. The van der Waals surface area contributed by atoms with Crippen LogP contribution >= 0.6 is 0 Å². The molecule has 0 saturated carbocycles.